The van der Waals surface area contributed by atoms with E-state index in [9.17, 15) is 4.79 Å². The monoisotopic (exact) mass is 217 g/mol. The summed E-state index contributed by atoms with van der Waals surface area (Å²) in [4.78, 5) is 11.9. The number of hydrogen-bond acceptors (Lipinski definition) is 2. The van der Waals surface area contributed by atoms with Crippen molar-refractivity contribution in [1.29, 1.82) is 0 Å². The van der Waals surface area contributed by atoms with Gasteiger partial charge in [-0.3, -0.25) is 4.79 Å². The normalized spacial score (nSPS) is 15.9. The summed E-state index contributed by atoms with van der Waals surface area (Å²) in [5.41, 5.74) is 3.69. The number of benzene rings is 1. The molecule has 2 nitrogen and oxygen atoms in total. The Morgan fingerprint density at radius 2 is 1.94 bits per heavy atom. The zero-order chi connectivity index (χ0) is 11.5. The van der Waals surface area contributed by atoms with E-state index in [2.05, 4.69) is 37.4 Å². The van der Waals surface area contributed by atoms with Crippen LogP contribution in [0.5, 0.6) is 0 Å². The molecular formula is C14H19NO. The number of carbonyl (C=O) groups is 1. The maximum absolute atomic E-state index is 11.9. The maximum Gasteiger partial charge on any atom is 0.137 e. The smallest absolute Gasteiger partial charge is 0.137 e. The minimum atomic E-state index is 0.379. The van der Waals surface area contributed by atoms with Crippen LogP contribution in [0.1, 0.15) is 23.1 Å². The molecule has 16 heavy (non-hydrogen) atoms. The van der Waals surface area contributed by atoms with E-state index in [0.717, 1.165) is 19.5 Å². The molecular weight excluding hydrogens is 198 g/mol. The number of hydrogen-bond donors (Lipinski definition) is 1. The molecule has 1 aliphatic heterocycles. The largest absolute Gasteiger partial charge is 0.316 e. The molecule has 0 amide bonds. The van der Waals surface area contributed by atoms with Crippen LogP contribution < -0.4 is 5.32 Å². The van der Waals surface area contributed by atoms with Crippen molar-refractivity contribution in [2.75, 3.05) is 13.1 Å². The summed E-state index contributed by atoms with van der Waals surface area (Å²) < 4.78 is 0. The zero-order valence-electron chi connectivity index (χ0n) is 10.0. The van der Waals surface area contributed by atoms with Crippen molar-refractivity contribution in [3.8, 4) is 0 Å². The van der Waals surface area contributed by atoms with Crippen LogP contribution in [-0.2, 0) is 11.2 Å². The summed E-state index contributed by atoms with van der Waals surface area (Å²) in [5, 5.41) is 3.20. The Kier molecular flexibility index (Phi) is 3.39. The molecule has 0 aliphatic carbocycles. The van der Waals surface area contributed by atoms with Gasteiger partial charge in [-0.1, -0.05) is 18.2 Å². The fourth-order valence-corrected chi connectivity index (χ4v) is 2.21. The van der Waals surface area contributed by atoms with Crippen LogP contribution in [0.3, 0.4) is 0 Å². The molecule has 0 saturated carbocycles. The fourth-order valence-electron chi connectivity index (χ4n) is 2.21. The van der Waals surface area contributed by atoms with Gasteiger partial charge in [0.1, 0.15) is 5.78 Å². The molecule has 0 spiro atoms. The van der Waals surface area contributed by atoms with Crippen LogP contribution in [0.25, 0.3) is 0 Å². The standard InChI is InChI=1S/C14H19NO/c1-10-4-3-5-11(2)14(10)7-13(16)6-12-8-15-9-12/h3-5,12,15H,6-9H2,1-2H3. The number of carbonyl (C=O) groups excluding carboxylic acids is 1. The van der Waals surface area contributed by atoms with Gasteiger partial charge in [0.2, 0.25) is 0 Å². The van der Waals surface area contributed by atoms with E-state index >= 15 is 0 Å². The third-order valence-electron chi connectivity index (χ3n) is 3.40. The number of nitrogens with one attached hydrogen (secondary N) is 1. The second-order valence-electron chi connectivity index (χ2n) is 4.81. The van der Waals surface area contributed by atoms with Crippen molar-refractivity contribution in [3.05, 3.63) is 34.9 Å². The average molecular weight is 217 g/mol. The van der Waals surface area contributed by atoms with Gasteiger partial charge in [-0.25, -0.2) is 0 Å². The molecule has 0 aromatic heterocycles. The Hall–Kier alpha value is -1.15. The highest BCUT2D eigenvalue weighted by atomic mass is 16.1. The maximum atomic E-state index is 11.9. The molecule has 2 rings (SSSR count). The summed E-state index contributed by atoms with van der Waals surface area (Å²) in [6.45, 7) is 6.19. The molecule has 1 aliphatic rings. The van der Waals surface area contributed by atoms with Crippen molar-refractivity contribution < 1.29 is 4.79 Å². The third kappa shape index (κ3) is 2.50. The van der Waals surface area contributed by atoms with Crippen LogP contribution in [0.15, 0.2) is 18.2 Å². The first-order chi connectivity index (χ1) is 7.66. The fraction of sp³-hybridized carbons (Fsp3) is 0.500. The number of Topliss-reactive ketones (excluding diaryl/α,β-unsaturated/α-hetero) is 1. The quantitative estimate of drug-likeness (QED) is 0.836. The van der Waals surface area contributed by atoms with Gasteiger partial charge in [-0.2, -0.15) is 0 Å². The summed E-state index contributed by atoms with van der Waals surface area (Å²) in [5.74, 6) is 0.959. The highest BCUT2D eigenvalue weighted by Gasteiger charge is 2.20. The SMILES string of the molecule is Cc1cccc(C)c1CC(=O)CC1CNC1. The van der Waals surface area contributed by atoms with Gasteiger partial charge in [0.25, 0.3) is 0 Å². The Morgan fingerprint density at radius 1 is 1.31 bits per heavy atom. The molecule has 1 heterocycles. The second-order valence-corrected chi connectivity index (χ2v) is 4.81. The predicted molar refractivity (Wildman–Crippen MR) is 65.6 cm³/mol. The van der Waals surface area contributed by atoms with Crippen LogP contribution >= 0.6 is 0 Å². The molecule has 1 N–H and O–H groups in total. The average Bonchev–Trinajstić information content (AvgIpc) is 2.18. The first kappa shape index (κ1) is 11.3. The highest BCUT2D eigenvalue weighted by molar-refractivity contribution is 5.81. The molecule has 0 bridgehead atoms. The molecule has 1 aromatic carbocycles. The van der Waals surface area contributed by atoms with Gasteiger partial charge in [0.15, 0.2) is 0 Å². The third-order valence-corrected chi connectivity index (χ3v) is 3.40. The lowest BCUT2D eigenvalue weighted by molar-refractivity contribution is -0.119. The summed E-state index contributed by atoms with van der Waals surface area (Å²) in [6, 6.07) is 6.22. The van der Waals surface area contributed by atoms with E-state index in [4.69, 9.17) is 0 Å². The lowest BCUT2D eigenvalue weighted by atomic mass is 9.91. The van der Waals surface area contributed by atoms with E-state index < -0.39 is 0 Å². The van der Waals surface area contributed by atoms with Gasteiger partial charge in [0.05, 0.1) is 0 Å². The summed E-state index contributed by atoms with van der Waals surface area (Å²) in [6.07, 6.45) is 1.34. The van der Waals surface area contributed by atoms with E-state index in [1.165, 1.54) is 16.7 Å². The summed E-state index contributed by atoms with van der Waals surface area (Å²) in [7, 11) is 0. The molecule has 0 radical (unpaired) electrons. The molecule has 1 saturated heterocycles. The Bertz CT molecular complexity index is 373. The number of ketones is 1. The topological polar surface area (TPSA) is 29.1 Å². The Morgan fingerprint density at radius 3 is 2.44 bits per heavy atom. The molecule has 1 fully saturated rings. The molecule has 1 aromatic rings. The van der Waals surface area contributed by atoms with Crippen molar-refractivity contribution in [3.63, 3.8) is 0 Å². The van der Waals surface area contributed by atoms with Gasteiger partial charge in [-0.15, -0.1) is 0 Å². The highest BCUT2D eigenvalue weighted by Crippen LogP contribution is 2.17. The van der Waals surface area contributed by atoms with Crippen LogP contribution in [0.2, 0.25) is 0 Å². The van der Waals surface area contributed by atoms with E-state index in [-0.39, 0.29) is 0 Å². The van der Waals surface area contributed by atoms with Gasteiger partial charge < -0.3 is 5.32 Å². The second kappa shape index (κ2) is 4.79. The van der Waals surface area contributed by atoms with Crippen LogP contribution in [-0.4, -0.2) is 18.9 Å². The molecule has 0 atom stereocenters. The molecule has 86 valence electrons. The van der Waals surface area contributed by atoms with E-state index in [0.29, 0.717) is 18.1 Å². The number of aryl methyl sites for hydroxylation is 2. The number of rotatable bonds is 4. The van der Waals surface area contributed by atoms with Crippen molar-refractivity contribution in [1.82, 2.24) is 5.32 Å². The van der Waals surface area contributed by atoms with E-state index in [1.54, 1.807) is 0 Å². The van der Waals surface area contributed by atoms with Crippen molar-refractivity contribution in [2.45, 2.75) is 26.7 Å². The minimum Gasteiger partial charge on any atom is -0.316 e. The minimum absolute atomic E-state index is 0.379. The lowest BCUT2D eigenvalue weighted by Gasteiger charge is -2.26. The zero-order valence-corrected chi connectivity index (χ0v) is 10.0. The molecule has 2 heteroatoms. The molecule has 0 unspecified atom stereocenters. The van der Waals surface area contributed by atoms with Crippen molar-refractivity contribution in [2.24, 2.45) is 5.92 Å². The van der Waals surface area contributed by atoms with Gasteiger partial charge >= 0.3 is 0 Å². The van der Waals surface area contributed by atoms with Gasteiger partial charge in [0, 0.05) is 12.8 Å². The first-order valence-electron chi connectivity index (χ1n) is 5.94. The Labute approximate surface area is 97.1 Å². The van der Waals surface area contributed by atoms with E-state index in [1.807, 2.05) is 0 Å². The van der Waals surface area contributed by atoms with Crippen LogP contribution in [0.4, 0.5) is 0 Å². The van der Waals surface area contributed by atoms with Crippen molar-refractivity contribution >= 4 is 5.78 Å². The summed E-state index contributed by atoms with van der Waals surface area (Å²) >= 11 is 0. The Balaban J connectivity index is 1.99. The van der Waals surface area contributed by atoms with Crippen LogP contribution in [0, 0.1) is 19.8 Å². The predicted octanol–water partition coefficient (Wildman–Crippen LogP) is 2.02. The van der Waals surface area contributed by atoms with Gasteiger partial charge in [-0.05, 0) is 49.5 Å². The first-order valence-corrected chi connectivity index (χ1v) is 5.94. The lowest BCUT2D eigenvalue weighted by Crippen LogP contribution is -2.43.